The molecule has 0 radical (unpaired) electrons. The Kier molecular flexibility index (Phi) is 4.43. The first-order valence-corrected chi connectivity index (χ1v) is 8.38. The zero-order valence-electron chi connectivity index (χ0n) is 11.9. The van der Waals surface area contributed by atoms with E-state index in [9.17, 15) is 4.39 Å². The summed E-state index contributed by atoms with van der Waals surface area (Å²) >= 11 is 3.29. The largest absolute Gasteiger partial charge is 0.311 e. The van der Waals surface area contributed by atoms with E-state index < -0.39 is 0 Å². The van der Waals surface area contributed by atoms with Crippen LogP contribution in [0, 0.1) is 11.7 Å². The van der Waals surface area contributed by atoms with Gasteiger partial charge in [0.15, 0.2) is 0 Å². The van der Waals surface area contributed by atoms with E-state index in [0.717, 1.165) is 25.6 Å². The van der Waals surface area contributed by atoms with Gasteiger partial charge in [-0.25, -0.2) is 4.39 Å². The molecular weight excluding hydrogens is 319 g/mol. The smallest absolute Gasteiger partial charge is 0.137 e. The van der Waals surface area contributed by atoms with Crippen LogP contribution >= 0.6 is 15.9 Å². The van der Waals surface area contributed by atoms with Crippen LogP contribution in [0.5, 0.6) is 0 Å². The van der Waals surface area contributed by atoms with E-state index in [0.29, 0.717) is 16.6 Å². The number of nitrogens with one attached hydrogen (secondary N) is 1. The van der Waals surface area contributed by atoms with Gasteiger partial charge in [0.1, 0.15) is 5.82 Å². The Bertz CT molecular complexity index is 476. The Morgan fingerprint density at radius 1 is 1.40 bits per heavy atom. The molecule has 2 aliphatic rings. The molecular formula is C16H22BrFN2. The number of piperazine rings is 1. The normalized spacial score (nSPS) is 27.8. The summed E-state index contributed by atoms with van der Waals surface area (Å²) in [7, 11) is 0. The molecule has 20 heavy (non-hydrogen) atoms. The van der Waals surface area contributed by atoms with Gasteiger partial charge in [-0.05, 0) is 58.8 Å². The van der Waals surface area contributed by atoms with Gasteiger partial charge in [-0.3, -0.25) is 4.90 Å². The first kappa shape index (κ1) is 14.5. The average molecular weight is 341 g/mol. The van der Waals surface area contributed by atoms with Crippen molar-refractivity contribution in [2.45, 2.75) is 44.8 Å². The number of rotatable bonds is 4. The lowest BCUT2D eigenvalue weighted by Gasteiger charge is -2.40. The summed E-state index contributed by atoms with van der Waals surface area (Å²) < 4.78 is 13.9. The zero-order chi connectivity index (χ0) is 14.1. The molecule has 4 heteroatoms. The lowest BCUT2D eigenvalue weighted by Crippen LogP contribution is -2.56. The molecule has 1 aliphatic heterocycles. The standard InChI is InChI=1S/C16H22BrFN2/c1-2-13-10-20(16(8-19-13)12-4-5-12)9-11-3-6-15(18)14(17)7-11/h3,6-7,12-13,16,19H,2,4-5,8-10H2,1H3. The molecule has 0 spiro atoms. The molecule has 0 bridgehead atoms. The number of halogens is 2. The summed E-state index contributed by atoms with van der Waals surface area (Å²) in [5, 5.41) is 3.67. The predicted molar refractivity (Wildman–Crippen MR) is 83.1 cm³/mol. The van der Waals surface area contributed by atoms with Crippen LogP contribution in [0.25, 0.3) is 0 Å². The van der Waals surface area contributed by atoms with Gasteiger partial charge in [0.05, 0.1) is 4.47 Å². The summed E-state index contributed by atoms with van der Waals surface area (Å²) in [4.78, 5) is 2.60. The third-order valence-electron chi connectivity index (χ3n) is 4.57. The van der Waals surface area contributed by atoms with E-state index >= 15 is 0 Å². The lowest BCUT2D eigenvalue weighted by molar-refractivity contribution is 0.106. The van der Waals surface area contributed by atoms with Crippen molar-refractivity contribution in [1.82, 2.24) is 10.2 Å². The average Bonchev–Trinajstić information content (AvgIpc) is 3.27. The zero-order valence-corrected chi connectivity index (χ0v) is 13.5. The fourth-order valence-electron chi connectivity index (χ4n) is 3.17. The third-order valence-corrected chi connectivity index (χ3v) is 5.18. The number of benzene rings is 1. The molecule has 1 aromatic rings. The molecule has 2 atom stereocenters. The summed E-state index contributed by atoms with van der Waals surface area (Å²) in [6, 6.07) is 6.64. The van der Waals surface area contributed by atoms with Crippen LogP contribution in [-0.4, -0.2) is 30.1 Å². The van der Waals surface area contributed by atoms with E-state index in [1.165, 1.54) is 24.8 Å². The highest BCUT2D eigenvalue weighted by Gasteiger charge is 2.38. The van der Waals surface area contributed by atoms with Gasteiger partial charge in [0.25, 0.3) is 0 Å². The van der Waals surface area contributed by atoms with Gasteiger partial charge >= 0.3 is 0 Å². The topological polar surface area (TPSA) is 15.3 Å². The second kappa shape index (κ2) is 6.12. The Labute approximate surface area is 128 Å². The van der Waals surface area contributed by atoms with Crippen molar-refractivity contribution in [3.63, 3.8) is 0 Å². The minimum Gasteiger partial charge on any atom is -0.311 e. The molecule has 1 aromatic carbocycles. The fourth-order valence-corrected chi connectivity index (χ4v) is 3.60. The highest BCUT2D eigenvalue weighted by molar-refractivity contribution is 9.10. The second-order valence-corrected chi connectivity index (χ2v) is 6.95. The summed E-state index contributed by atoms with van der Waals surface area (Å²) in [5.41, 5.74) is 1.20. The minimum absolute atomic E-state index is 0.181. The monoisotopic (exact) mass is 340 g/mol. The van der Waals surface area contributed by atoms with Gasteiger partial charge in [-0.15, -0.1) is 0 Å². The van der Waals surface area contributed by atoms with Crippen LogP contribution in [0.1, 0.15) is 31.7 Å². The molecule has 3 rings (SSSR count). The number of hydrogen-bond acceptors (Lipinski definition) is 2. The van der Waals surface area contributed by atoms with Crippen LogP contribution in [-0.2, 0) is 6.54 Å². The Balaban J connectivity index is 1.72. The first-order chi connectivity index (χ1) is 9.67. The number of nitrogens with zero attached hydrogens (tertiary/aromatic N) is 1. The van der Waals surface area contributed by atoms with E-state index in [2.05, 4.69) is 33.1 Å². The molecule has 1 saturated carbocycles. The van der Waals surface area contributed by atoms with Crippen LogP contribution < -0.4 is 5.32 Å². The van der Waals surface area contributed by atoms with Crippen molar-refractivity contribution >= 4 is 15.9 Å². The van der Waals surface area contributed by atoms with Crippen molar-refractivity contribution in [3.8, 4) is 0 Å². The number of hydrogen-bond donors (Lipinski definition) is 1. The fraction of sp³-hybridized carbons (Fsp3) is 0.625. The van der Waals surface area contributed by atoms with Gasteiger partial charge < -0.3 is 5.32 Å². The van der Waals surface area contributed by atoms with E-state index in [1.807, 2.05) is 12.1 Å². The highest BCUT2D eigenvalue weighted by Crippen LogP contribution is 2.37. The molecule has 0 amide bonds. The maximum atomic E-state index is 13.3. The Morgan fingerprint density at radius 3 is 2.85 bits per heavy atom. The SMILES string of the molecule is CCC1CN(Cc2ccc(F)c(Br)c2)C(C2CC2)CN1. The van der Waals surface area contributed by atoms with Crippen molar-refractivity contribution in [2.24, 2.45) is 5.92 Å². The maximum absolute atomic E-state index is 13.3. The van der Waals surface area contributed by atoms with Crippen LogP contribution in [0.2, 0.25) is 0 Å². The van der Waals surface area contributed by atoms with Crippen molar-refractivity contribution in [3.05, 3.63) is 34.1 Å². The Hall–Kier alpha value is -0.450. The molecule has 1 N–H and O–H groups in total. The molecule has 1 aliphatic carbocycles. The first-order valence-electron chi connectivity index (χ1n) is 7.58. The summed E-state index contributed by atoms with van der Waals surface area (Å²) in [5.74, 6) is 0.684. The van der Waals surface area contributed by atoms with Crippen LogP contribution in [0.4, 0.5) is 4.39 Å². The lowest BCUT2D eigenvalue weighted by atomic mass is 10.0. The third kappa shape index (κ3) is 3.23. The molecule has 0 aromatic heterocycles. The molecule has 2 fully saturated rings. The van der Waals surface area contributed by atoms with Crippen LogP contribution in [0.15, 0.2) is 22.7 Å². The van der Waals surface area contributed by atoms with Gasteiger partial charge in [-0.1, -0.05) is 13.0 Å². The minimum atomic E-state index is -0.181. The second-order valence-electron chi connectivity index (χ2n) is 6.10. The molecule has 2 unspecified atom stereocenters. The summed E-state index contributed by atoms with van der Waals surface area (Å²) in [6.45, 7) is 5.37. The van der Waals surface area contributed by atoms with Gasteiger partial charge in [-0.2, -0.15) is 0 Å². The van der Waals surface area contributed by atoms with Crippen molar-refractivity contribution in [2.75, 3.05) is 13.1 Å². The molecule has 110 valence electrons. The van der Waals surface area contributed by atoms with E-state index in [-0.39, 0.29) is 5.82 Å². The summed E-state index contributed by atoms with van der Waals surface area (Å²) in [6.07, 6.45) is 3.90. The van der Waals surface area contributed by atoms with Gasteiger partial charge in [0, 0.05) is 31.7 Å². The molecule has 1 heterocycles. The molecule has 2 nitrogen and oxygen atoms in total. The quantitative estimate of drug-likeness (QED) is 0.901. The van der Waals surface area contributed by atoms with E-state index in [1.54, 1.807) is 6.07 Å². The van der Waals surface area contributed by atoms with Gasteiger partial charge in [0.2, 0.25) is 0 Å². The molecule has 1 saturated heterocycles. The van der Waals surface area contributed by atoms with E-state index in [4.69, 9.17) is 0 Å². The Morgan fingerprint density at radius 2 is 2.20 bits per heavy atom. The van der Waals surface area contributed by atoms with Crippen molar-refractivity contribution in [1.29, 1.82) is 0 Å². The highest BCUT2D eigenvalue weighted by atomic mass is 79.9. The van der Waals surface area contributed by atoms with Crippen molar-refractivity contribution < 1.29 is 4.39 Å². The predicted octanol–water partition coefficient (Wildman–Crippen LogP) is 3.55. The maximum Gasteiger partial charge on any atom is 0.137 e. The van der Waals surface area contributed by atoms with Crippen LogP contribution in [0.3, 0.4) is 0 Å².